The number of halogens is 3. The molecule has 1 atom stereocenters. The molecule has 0 radical (unpaired) electrons. The summed E-state index contributed by atoms with van der Waals surface area (Å²) < 4.78 is 26.5. The number of hydrogen-bond donors (Lipinski definition) is 1. The van der Waals surface area contributed by atoms with Crippen LogP contribution in [0.25, 0.3) is 0 Å². The minimum Gasteiger partial charge on any atom is -0.396 e. The molecule has 1 unspecified atom stereocenters. The Bertz CT molecular complexity index is 444. The quantitative estimate of drug-likeness (QED) is 0.884. The van der Waals surface area contributed by atoms with Crippen molar-refractivity contribution in [2.45, 2.75) is 6.42 Å². The first-order chi connectivity index (χ1) is 8.02. The van der Waals surface area contributed by atoms with E-state index in [0.29, 0.717) is 6.07 Å². The number of amides is 1. The van der Waals surface area contributed by atoms with Crippen LogP contribution in [0.2, 0.25) is 5.02 Å². The maximum absolute atomic E-state index is 13.6. The van der Waals surface area contributed by atoms with Crippen LogP contribution in [0.1, 0.15) is 6.42 Å². The van der Waals surface area contributed by atoms with Crippen LogP contribution in [-0.2, 0) is 4.79 Å². The van der Waals surface area contributed by atoms with E-state index < -0.39 is 11.6 Å². The molecule has 1 amide bonds. The predicted molar refractivity (Wildman–Crippen MR) is 58.9 cm³/mol. The Morgan fingerprint density at radius 3 is 2.71 bits per heavy atom. The Balaban J connectivity index is 2.38. The lowest BCUT2D eigenvalue weighted by atomic mass is 10.1. The number of nitrogens with zero attached hydrogens (tertiary/aromatic N) is 1. The van der Waals surface area contributed by atoms with Gasteiger partial charge in [-0.3, -0.25) is 4.79 Å². The molecule has 1 fully saturated rings. The average Bonchev–Trinajstić information content (AvgIpc) is 2.59. The summed E-state index contributed by atoms with van der Waals surface area (Å²) in [5, 5.41) is 8.82. The van der Waals surface area contributed by atoms with E-state index in [1.807, 2.05) is 0 Å². The average molecular weight is 262 g/mol. The molecule has 1 aromatic rings. The Hall–Kier alpha value is -1.20. The van der Waals surface area contributed by atoms with Gasteiger partial charge in [0, 0.05) is 31.6 Å². The van der Waals surface area contributed by atoms with E-state index in [0.717, 1.165) is 11.0 Å². The molecule has 92 valence electrons. The highest BCUT2D eigenvalue weighted by molar-refractivity contribution is 6.33. The zero-order chi connectivity index (χ0) is 12.6. The van der Waals surface area contributed by atoms with Crippen LogP contribution in [0.5, 0.6) is 0 Å². The molecule has 0 saturated carbocycles. The summed E-state index contributed by atoms with van der Waals surface area (Å²) in [4.78, 5) is 12.8. The summed E-state index contributed by atoms with van der Waals surface area (Å²) in [5.74, 6) is -2.22. The fraction of sp³-hybridized carbons (Fsp3) is 0.364. The van der Waals surface area contributed by atoms with Crippen molar-refractivity contribution >= 4 is 23.2 Å². The third-order valence-corrected chi connectivity index (χ3v) is 3.00. The van der Waals surface area contributed by atoms with E-state index in [4.69, 9.17) is 16.7 Å². The topological polar surface area (TPSA) is 40.5 Å². The summed E-state index contributed by atoms with van der Waals surface area (Å²) in [6, 6.07) is 1.64. The summed E-state index contributed by atoms with van der Waals surface area (Å²) in [6.45, 7) is 0.0419. The number of rotatable bonds is 2. The molecule has 1 aliphatic heterocycles. The van der Waals surface area contributed by atoms with Crippen LogP contribution in [0, 0.1) is 17.6 Å². The standard InChI is InChI=1S/C11H10ClF2NO2/c12-8-2-7(13)3-9(14)11(8)15-4-6(5-16)1-10(15)17/h2-3,6,16H,1,4-5H2. The Kier molecular flexibility index (Phi) is 3.31. The largest absolute Gasteiger partial charge is 0.396 e. The zero-order valence-electron chi connectivity index (χ0n) is 8.79. The maximum Gasteiger partial charge on any atom is 0.227 e. The highest BCUT2D eigenvalue weighted by atomic mass is 35.5. The van der Waals surface area contributed by atoms with Crippen molar-refractivity contribution in [3.8, 4) is 0 Å². The molecule has 6 heteroatoms. The van der Waals surface area contributed by atoms with Crippen LogP contribution in [0.4, 0.5) is 14.5 Å². The highest BCUT2D eigenvalue weighted by Gasteiger charge is 2.33. The second-order valence-corrected chi connectivity index (χ2v) is 4.38. The van der Waals surface area contributed by atoms with Crippen molar-refractivity contribution in [2.75, 3.05) is 18.1 Å². The summed E-state index contributed by atoms with van der Waals surface area (Å²) in [5.41, 5.74) is -0.117. The van der Waals surface area contributed by atoms with Crippen LogP contribution in [-0.4, -0.2) is 24.2 Å². The minimum absolute atomic E-state index is 0.117. The molecule has 0 aliphatic carbocycles. The zero-order valence-corrected chi connectivity index (χ0v) is 9.55. The van der Waals surface area contributed by atoms with Gasteiger partial charge in [0.1, 0.15) is 5.82 Å². The van der Waals surface area contributed by atoms with E-state index in [1.54, 1.807) is 0 Å². The molecule has 0 aromatic heterocycles. The number of carbonyl (C=O) groups is 1. The van der Waals surface area contributed by atoms with Gasteiger partial charge in [0.15, 0.2) is 5.82 Å². The molecule has 1 aliphatic rings. The van der Waals surface area contributed by atoms with Gasteiger partial charge in [0.05, 0.1) is 10.7 Å². The van der Waals surface area contributed by atoms with E-state index in [-0.39, 0.29) is 42.1 Å². The molecule has 0 spiro atoms. The Morgan fingerprint density at radius 2 is 2.18 bits per heavy atom. The molecular weight excluding hydrogens is 252 g/mol. The van der Waals surface area contributed by atoms with Gasteiger partial charge >= 0.3 is 0 Å². The fourth-order valence-corrected chi connectivity index (χ4v) is 2.21. The number of benzene rings is 1. The summed E-state index contributed by atoms with van der Waals surface area (Å²) in [6.07, 6.45) is 0.143. The van der Waals surface area contributed by atoms with Gasteiger partial charge < -0.3 is 10.0 Å². The second-order valence-electron chi connectivity index (χ2n) is 3.98. The number of carbonyl (C=O) groups excluding carboxylic acids is 1. The number of aliphatic hydroxyl groups is 1. The third kappa shape index (κ3) is 2.25. The van der Waals surface area contributed by atoms with E-state index in [1.165, 1.54) is 0 Å². The summed E-state index contributed by atoms with van der Waals surface area (Å²) in [7, 11) is 0. The number of hydrogen-bond acceptors (Lipinski definition) is 2. The lowest BCUT2D eigenvalue weighted by molar-refractivity contribution is -0.117. The van der Waals surface area contributed by atoms with Gasteiger partial charge in [-0.2, -0.15) is 0 Å². The lowest BCUT2D eigenvalue weighted by Crippen LogP contribution is -2.26. The first-order valence-corrected chi connectivity index (χ1v) is 5.46. The fourth-order valence-electron chi connectivity index (χ4n) is 1.91. The van der Waals surface area contributed by atoms with Crippen LogP contribution in [0.15, 0.2) is 12.1 Å². The third-order valence-electron chi connectivity index (χ3n) is 2.71. The maximum atomic E-state index is 13.6. The van der Waals surface area contributed by atoms with Crippen LogP contribution in [0.3, 0.4) is 0 Å². The van der Waals surface area contributed by atoms with Gasteiger partial charge in [0.2, 0.25) is 5.91 Å². The van der Waals surface area contributed by atoms with Crippen molar-refractivity contribution in [2.24, 2.45) is 5.92 Å². The summed E-state index contributed by atoms with van der Waals surface area (Å²) >= 11 is 5.73. The van der Waals surface area contributed by atoms with Crippen molar-refractivity contribution in [3.63, 3.8) is 0 Å². The van der Waals surface area contributed by atoms with E-state index in [2.05, 4.69) is 0 Å². The first-order valence-electron chi connectivity index (χ1n) is 5.08. The van der Waals surface area contributed by atoms with Gasteiger partial charge in [-0.05, 0) is 6.07 Å². The normalized spacial score (nSPS) is 20.1. The van der Waals surface area contributed by atoms with E-state index >= 15 is 0 Å². The SMILES string of the molecule is O=C1CC(CO)CN1c1c(F)cc(F)cc1Cl. The van der Waals surface area contributed by atoms with Crippen molar-refractivity contribution in [1.82, 2.24) is 0 Å². The minimum atomic E-state index is -0.873. The second kappa shape index (κ2) is 4.58. The molecule has 17 heavy (non-hydrogen) atoms. The molecule has 0 bridgehead atoms. The molecule has 3 nitrogen and oxygen atoms in total. The first kappa shape index (κ1) is 12.3. The monoisotopic (exact) mass is 261 g/mol. The van der Waals surface area contributed by atoms with Crippen molar-refractivity contribution in [1.29, 1.82) is 0 Å². The van der Waals surface area contributed by atoms with Gasteiger partial charge in [0.25, 0.3) is 0 Å². The molecule has 1 heterocycles. The molecular formula is C11H10ClF2NO2. The van der Waals surface area contributed by atoms with Gasteiger partial charge in [-0.15, -0.1) is 0 Å². The smallest absolute Gasteiger partial charge is 0.227 e. The number of aliphatic hydroxyl groups excluding tert-OH is 1. The van der Waals surface area contributed by atoms with Gasteiger partial charge in [-0.1, -0.05) is 11.6 Å². The molecule has 1 saturated heterocycles. The molecule has 2 rings (SSSR count). The van der Waals surface area contributed by atoms with Crippen LogP contribution >= 0.6 is 11.6 Å². The molecule has 1 N–H and O–H groups in total. The molecule has 1 aromatic carbocycles. The Labute approximate surface area is 102 Å². The van der Waals surface area contributed by atoms with E-state index in [9.17, 15) is 13.6 Å². The van der Waals surface area contributed by atoms with Gasteiger partial charge in [-0.25, -0.2) is 8.78 Å². The van der Waals surface area contributed by atoms with Crippen molar-refractivity contribution < 1.29 is 18.7 Å². The lowest BCUT2D eigenvalue weighted by Gasteiger charge is -2.18. The highest BCUT2D eigenvalue weighted by Crippen LogP contribution is 2.34. The Morgan fingerprint density at radius 1 is 1.47 bits per heavy atom. The van der Waals surface area contributed by atoms with Crippen molar-refractivity contribution in [3.05, 3.63) is 28.8 Å². The predicted octanol–water partition coefficient (Wildman–Crippen LogP) is 1.96. The van der Waals surface area contributed by atoms with Crippen LogP contribution < -0.4 is 4.90 Å². The number of anilines is 1.